The van der Waals surface area contributed by atoms with Crippen LogP contribution in [0.5, 0.6) is 5.75 Å². The van der Waals surface area contributed by atoms with Crippen LogP contribution in [-0.2, 0) is 0 Å². The van der Waals surface area contributed by atoms with Crippen molar-refractivity contribution in [3.05, 3.63) is 65.9 Å². The standard InChI is InChI=1S/C19H19N5O/c1-25-16-7-3-13(4-8-16)2-5-14-12-15(6-9-17(14)20)23-18-10-11-22-19(21)24-18/h2-12H,20H2,1H3,(H3,21,22,23,24)/b5-2+. The van der Waals surface area contributed by atoms with Gasteiger partial charge in [0.2, 0.25) is 5.95 Å². The number of methoxy groups -OCH3 is 1. The predicted molar refractivity (Wildman–Crippen MR) is 103 cm³/mol. The fraction of sp³-hybridized carbons (Fsp3) is 0.0526. The Labute approximate surface area is 146 Å². The Hall–Kier alpha value is -3.54. The molecule has 0 fully saturated rings. The van der Waals surface area contributed by atoms with E-state index in [0.717, 1.165) is 22.6 Å². The van der Waals surface area contributed by atoms with Gasteiger partial charge in [-0.15, -0.1) is 0 Å². The predicted octanol–water partition coefficient (Wildman–Crippen LogP) is 3.56. The number of hydrogen-bond donors (Lipinski definition) is 3. The lowest BCUT2D eigenvalue weighted by Crippen LogP contribution is -1.99. The van der Waals surface area contributed by atoms with Crippen LogP contribution in [0.4, 0.5) is 23.1 Å². The fourth-order valence-electron chi connectivity index (χ4n) is 2.29. The minimum absolute atomic E-state index is 0.222. The van der Waals surface area contributed by atoms with Crippen LogP contribution in [0, 0.1) is 0 Å². The third-order valence-corrected chi connectivity index (χ3v) is 3.60. The second-order valence-electron chi connectivity index (χ2n) is 5.38. The minimum atomic E-state index is 0.222. The van der Waals surface area contributed by atoms with Crippen molar-refractivity contribution in [2.45, 2.75) is 0 Å². The zero-order chi connectivity index (χ0) is 17.6. The number of nitrogens with zero attached hydrogens (tertiary/aromatic N) is 2. The molecule has 2 aromatic carbocycles. The maximum absolute atomic E-state index is 6.07. The van der Waals surface area contributed by atoms with Gasteiger partial charge in [-0.3, -0.25) is 0 Å². The van der Waals surface area contributed by atoms with Crippen LogP contribution in [-0.4, -0.2) is 17.1 Å². The largest absolute Gasteiger partial charge is 0.497 e. The van der Waals surface area contributed by atoms with Gasteiger partial charge in [-0.05, 0) is 47.5 Å². The number of anilines is 4. The fourth-order valence-corrected chi connectivity index (χ4v) is 2.29. The van der Waals surface area contributed by atoms with E-state index >= 15 is 0 Å². The first-order valence-corrected chi connectivity index (χ1v) is 7.71. The molecule has 126 valence electrons. The Bertz CT molecular complexity index is 891. The highest BCUT2D eigenvalue weighted by Crippen LogP contribution is 2.23. The first-order chi connectivity index (χ1) is 12.1. The number of ether oxygens (including phenoxy) is 1. The molecule has 25 heavy (non-hydrogen) atoms. The molecule has 6 heteroatoms. The van der Waals surface area contributed by atoms with Gasteiger partial charge in [0.1, 0.15) is 11.6 Å². The number of rotatable bonds is 5. The molecule has 3 aromatic rings. The second-order valence-corrected chi connectivity index (χ2v) is 5.38. The van der Waals surface area contributed by atoms with Gasteiger partial charge >= 0.3 is 0 Å². The maximum Gasteiger partial charge on any atom is 0.221 e. The van der Waals surface area contributed by atoms with Gasteiger partial charge in [0.25, 0.3) is 0 Å². The molecule has 5 N–H and O–H groups in total. The lowest BCUT2D eigenvalue weighted by Gasteiger charge is -2.08. The van der Waals surface area contributed by atoms with Crippen molar-refractivity contribution in [3.63, 3.8) is 0 Å². The zero-order valence-electron chi connectivity index (χ0n) is 13.8. The van der Waals surface area contributed by atoms with Crippen molar-refractivity contribution in [2.75, 3.05) is 23.9 Å². The van der Waals surface area contributed by atoms with Crippen LogP contribution >= 0.6 is 0 Å². The molecule has 6 nitrogen and oxygen atoms in total. The van der Waals surface area contributed by atoms with Crippen LogP contribution in [0.15, 0.2) is 54.7 Å². The normalized spacial score (nSPS) is 10.8. The Morgan fingerprint density at radius 3 is 2.52 bits per heavy atom. The Kier molecular flexibility index (Phi) is 4.80. The van der Waals surface area contributed by atoms with Gasteiger partial charge in [0.05, 0.1) is 7.11 Å². The van der Waals surface area contributed by atoms with E-state index in [-0.39, 0.29) is 5.95 Å². The molecule has 0 aliphatic heterocycles. The van der Waals surface area contributed by atoms with E-state index in [1.807, 2.05) is 54.6 Å². The second kappa shape index (κ2) is 7.35. The first kappa shape index (κ1) is 16.3. The van der Waals surface area contributed by atoms with Gasteiger partial charge in [0.15, 0.2) is 0 Å². The smallest absolute Gasteiger partial charge is 0.221 e. The summed E-state index contributed by atoms with van der Waals surface area (Å²) in [6, 6.07) is 15.2. The summed E-state index contributed by atoms with van der Waals surface area (Å²) < 4.78 is 5.16. The van der Waals surface area contributed by atoms with Gasteiger partial charge < -0.3 is 21.5 Å². The minimum Gasteiger partial charge on any atom is -0.497 e. The monoisotopic (exact) mass is 333 g/mol. The summed E-state index contributed by atoms with van der Waals surface area (Å²) in [5.41, 5.74) is 15.2. The Morgan fingerprint density at radius 1 is 1.00 bits per heavy atom. The summed E-state index contributed by atoms with van der Waals surface area (Å²) >= 11 is 0. The van der Waals surface area contributed by atoms with E-state index < -0.39 is 0 Å². The van der Waals surface area contributed by atoms with E-state index in [2.05, 4.69) is 15.3 Å². The van der Waals surface area contributed by atoms with Crippen LogP contribution in [0.1, 0.15) is 11.1 Å². The third-order valence-electron chi connectivity index (χ3n) is 3.60. The average molecular weight is 333 g/mol. The van der Waals surface area contributed by atoms with E-state index in [1.54, 1.807) is 19.4 Å². The topological polar surface area (TPSA) is 99.1 Å². The van der Waals surface area contributed by atoms with E-state index in [1.165, 1.54) is 0 Å². The zero-order valence-corrected chi connectivity index (χ0v) is 13.8. The molecule has 0 bridgehead atoms. The molecule has 0 amide bonds. The summed E-state index contributed by atoms with van der Waals surface area (Å²) in [4.78, 5) is 8.00. The third kappa shape index (κ3) is 4.26. The highest BCUT2D eigenvalue weighted by atomic mass is 16.5. The molecular formula is C19H19N5O. The summed E-state index contributed by atoms with van der Waals surface area (Å²) in [7, 11) is 1.65. The summed E-state index contributed by atoms with van der Waals surface area (Å²) in [6.45, 7) is 0. The molecule has 0 saturated heterocycles. The summed E-state index contributed by atoms with van der Waals surface area (Å²) in [6.07, 6.45) is 5.57. The number of aromatic nitrogens is 2. The Morgan fingerprint density at radius 2 is 1.80 bits per heavy atom. The van der Waals surface area contributed by atoms with Gasteiger partial charge in [-0.2, -0.15) is 4.98 Å². The number of nitrogens with one attached hydrogen (secondary N) is 1. The SMILES string of the molecule is COc1ccc(/C=C/c2cc(Nc3ccnc(N)n3)ccc2N)cc1. The summed E-state index contributed by atoms with van der Waals surface area (Å²) in [5.74, 6) is 1.68. The molecule has 0 radical (unpaired) electrons. The van der Waals surface area contributed by atoms with Crippen molar-refractivity contribution >= 4 is 35.3 Å². The van der Waals surface area contributed by atoms with Crippen molar-refractivity contribution in [1.82, 2.24) is 9.97 Å². The van der Waals surface area contributed by atoms with Crippen molar-refractivity contribution < 1.29 is 4.74 Å². The molecular weight excluding hydrogens is 314 g/mol. The molecule has 0 spiro atoms. The maximum atomic E-state index is 6.07. The molecule has 0 aliphatic carbocycles. The lowest BCUT2D eigenvalue weighted by molar-refractivity contribution is 0.415. The molecule has 1 aromatic heterocycles. The molecule has 0 unspecified atom stereocenters. The number of nitrogen functional groups attached to an aromatic ring is 2. The van der Waals surface area contributed by atoms with Crippen molar-refractivity contribution in [2.24, 2.45) is 0 Å². The first-order valence-electron chi connectivity index (χ1n) is 7.71. The lowest BCUT2D eigenvalue weighted by atomic mass is 10.1. The van der Waals surface area contributed by atoms with Crippen LogP contribution in [0.25, 0.3) is 12.2 Å². The molecule has 0 saturated carbocycles. The number of benzene rings is 2. The van der Waals surface area contributed by atoms with E-state index in [4.69, 9.17) is 16.2 Å². The summed E-state index contributed by atoms with van der Waals surface area (Å²) in [5, 5.41) is 3.19. The van der Waals surface area contributed by atoms with Crippen LogP contribution < -0.4 is 21.5 Å². The highest BCUT2D eigenvalue weighted by molar-refractivity contribution is 5.78. The average Bonchev–Trinajstić information content (AvgIpc) is 2.62. The molecule has 0 atom stereocenters. The molecule has 0 aliphatic rings. The van der Waals surface area contributed by atoms with Gasteiger partial charge in [-0.1, -0.05) is 24.3 Å². The highest BCUT2D eigenvalue weighted by Gasteiger charge is 2.01. The molecule has 3 rings (SSSR count). The van der Waals surface area contributed by atoms with E-state index in [0.29, 0.717) is 11.5 Å². The van der Waals surface area contributed by atoms with E-state index in [9.17, 15) is 0 Å². The van der Waals surface area contributed by atoms with Crippen molar-refractivity contribution in [1.29, 1.82) is 0 Å². The van der Waals surface area contributed by atoms with Gasteiger partial charge in [0, 0.05) is 17.6 Å². The molecule has 1 heterocycles. The van der Waals surface area contributed by atoms with Crippen LogP contribution in [0.2, 0.25) is 0 Å². The number of nitrogens with two attached hydrogens (primary N) is 2. The van der Waals surface area contributed by atoms with Crippen molar-refractivity contribution in [3.8, 4) is 5.75 Å². The van der Waals surface area contributed by atoms with Gasteiger partial charge in [-0.25, -0.2) is 4.98 Å². The number of hydrogen-bond acceptors (Lipinski definition) is 6. The Balaban J connectivity index is 1.80. The van der Waals surface area contributed by atoms with Crippen LogP contribution in [0.3, 0.4) is 0 Å². The quantitative estimate of drug-likeness (QED) is 0.488.